The number of carboxylic acid groups (broad SMARTS) is 1. The van der Waals surface area contributed by atoms with Crippen LogP contribution in [-0.4, -0.2) is 29.6 Å². The van der Waals surface area contributed by atoms with Gasteiger partial charge in [0.05, 0.1) is 5.56 Å². The third-order valence-corrected chi connectivity index (χ3v) is 2.73. The van der Waals surface area contributed by atoms with Crippen molar-refractivity contribution in [2.24, 2.45) is 0 Å². The van der Waals surface area contributed by atoms with Gasteiger partial charge >= 0.3 is 5.97 Å². The Kier molecular flexibility index (Phi) is 5.96. The zero-order chi connectivity index (χ0) is 16.0. The van der Waals surface area contributed by atoms with E-state index in [2.05, 4.69) is 0 Å². The highest BCUT2D eigenvalue weighted by Crippen LogP contribution is 2.26. The second-order valence-electron chi connectivity index (χ2n) is 4.90. The Morgan fingerprint density at radius 3 is 2.48 bits per heavy atom. The molecule has 0 spiro atoms. The highest BCUT2D eigenvalue weighted by atomic mass is 16.5. The number of aliphatic carboxylic acids is 1. The van der Waals surface area contributed by atoms with Gasteiger partial charge in [-0.05, 0) is 45.9 Å². The second kappa shape index (κ2) is 7.47. The summed E-state index contributed by atoms with van der Waals surface area (Å²) in [5, 5.41) is 8.90. The standard InChI is InChI=1S/C16H20O5/c1-10(2)7-8-20-13-5-6-14(11(3)17)15(9-13)21-12(4)16(18)19/h5-7,9,12H,8H2,1-4H3,(H,18,19). The molecule has 1 N–H and O–H groups in total. The van der Waals surface area contributed by atoms with Crippen LogP contribution in [0, 0.1) is 0 Å². The highest BCUT2D eigenvalue weighted by Gasteiger charge is 2.17. The highest BCUT2D eigenvalue weighted by molar-refractivity contribution is 5.97. The van der Waals surface area contributed by atoms with Crippen molar-refractivity contribution in [1.29, 1.82) is 0 Å². The van der Waals surface area contributed by atoms with E-state index < -0.39 is 12.1 Å². The quantitative estimate of drug-likeness (QED) is 0.617. The van der Waals surface area contributed by atoms with Gasteiger partial charge in [-0.1, -0.05) is 5.57 Å². The van der Waals surface area contributed by atoms with E-state index in [4.69, 9.17) is 14.6 Å². The van der Waals surface area contributed by atoms with Crippen LogP contribution in [0.1, 0.15) is 38.1 Å². The van der Waals surface area contributed by atoms with Crippen LogP contribution in [0.2, 0.25) is 0 Å². The second-order valence-corrected chi connectivity index (χ2v) is 4.90. The minimum Gasteiger partial charge on any atom is -0.489 e. The fraction of sp³-hybridized carbons (Fsp3) is 0.375. The molecular weight excluding hydrogens is 272 g/mol. The molecule has 0 aliphatic carbocycles. The summed E-state index contributed by atoms with van der Waals surface area (Å²) in [6.07, 6.45) is 0.871. The van der Waals surface area contributed by atoms with Crippen molar-refractivity contribution in [1.82, 2.24) is 0 Å². The molecule has 1 unspecified atom stereocenters. The van der Waals surface area contributed by atoms with Gasteiger partial charge in [0, 0.05) is 6.07 Å². The van der Waals surface area contributed by atoms with E-state index in [0.717, 1.165) is 5.57 Å². The van der Waals surface area contributed by atoms with Gasteiger partial charge < -0.3 is 14.6 Å². The molecule has 21 heavy (non-hydrogen) atoms. The molecule has 1 aromatic rings. The van der Waals surface area contributed by atoms with Crippen LogP contribution >= 0.6 is 0 Å². The summed E-state index contributed by atoms with van der Waals surface area (Å²) in [7, 11) is 0. The van der Waals surface area contributed by atoms with Gasteiger partial charge in [-0.25, -0.2) is 4.79 Å². The number of hydrogen-bond acceptors (Lipinski definition) is 4. The zero-order valence-corrected chi connectivity index (χ0v) is 12.7. The van der Waals surface area contributed by atoms with Gasteiger partial charge in [-0.15, -0.1) is 0 Å². The molecule has 0 amide bonds. The van der Waals surface area contributed by atoms with Crippen molar-refractivity contribution in [3.8, 4) is 11.5 Å². The molecule has 114 valence electrons. The molecule has 5 heteroatoms. The molecular formula is C16H20O5. The van der Waals surface area contributed by atoms with Crippen molar-refractivity contribution in [2.75, 3.05) is 6.61 Å². The Bertz CT molecular complexity index is 556. The first kappa shape index (κ1) is 16.8. The minimum absolute atomic E-state index is 0.196. The molecule has 0 saturated heterocycles. The van der Waals surface area contributed by atoms with Gasteiger partial charge in [-0.3, -0.25) is 4.79 Å². The van der Waals surface area contributed by atoms with Crippen LogP contribution in [0.3, 0.4) is 0 Å². The van der Waals surface area contributed by atoms with E-state index in [0.29, 0.717) is 17.9 Å². The zero-order valence-electron chi connectivity index (χ0n) is 12.7. The Morgan fingerprint density at radius 1 is 1.29 bits per heavy atom. The number of carbonyl (C=O) groups excluding carboxylic acids is 1. The first-order valence-corrected chi connectivity index (χ1v) is 6.62. The summed E-state index contributed by atoms with van der Waals surface area (Å²) in [5.74, 6) is -0.559. The summed E-state index contributed by atoms with van der Waals surface area (Å²) in [5.41, 5.74) is 1.46. The maximum Gasteiger partial charge on any atom is 0.344 e. The Morgan fingerprint density at radius 2 is 1.95 bits per heavy atom. The van der Waals surface area contributed by atoms with E-state index in [1.807, 2.05) is 19.9 Å². The average Bonchev–Trinajstić information content (AvgIpc) is 2.38. The monoisotopic (exact) mass is 292 g/mol. The molecule has 0 heterocycles. The average molecular weight is 292 g/mol. The molecule has 5 nitrogen and oxygen atoms in total. The molecule has 0 aliphatic heterocycles. The number of ether oxygens (including phenoxy) is 2. The predicted molar refractivity (Wildman–Crippen MR) is 79.1 cm³/mol. The number of Topliss-reactive ketones (excluding diaryl/α,β-unsaturated/α-hetero) is 1. The summed E-state index contributed by atoms with van der Waals surface area (Å²) >= 11 is 0. The largest absolute Gasteiger partial charge is 0.489 e. The Balaban J connectivity index is 2.97. The van der Waals surface area contributed by atoms with Crippen LogP contribution in [0.15, 0.2) is 29.8 Å². The number of allylic oxidation sites excluding steroid dienone is 1. The van der Waals surface area contributed by atoms with E-state index in [9.17, 15) is 9.59 Å². The van der Waals surface area contributed by atoms with Gasteiger partial charge in [0.2, 0.25) is 0 Å². The topological polar surface area (TPSA) is 72.8 Å². The number of carboxylic acids is 1. The van der Waals surface area contributed by atoms with Crippen LogP contribution in [0.5, 0.6) is 11.5 Å². The molecule has 0 radical (unpaired) electrons. The van der Waals surface area contributed by atoms with E-state index in [-0.39, 0.29) is 11.5 Å². The van der Waals surface area contributed by atoms with E-state index >= 15 is 0 Å². The number of benzene rings is 1. The van der Waals surface area contributed by atoms with Crippen molar-refractivity contribution < 1.29 is 24.2 Å². The van der Waals surface area contributed by atoms with Crippen LogP contribution < -0.4 is 9.47 Å². The lowest BCUT2D eigenvalue weighted by Crippen LogP contribution is -2.23. The molecule has 0 saturated carbocycles. The summed E-state index contributed by atoms with van der Waals surface area (Å²) < 4.78 is 10.8. The number of ketones is 1. The maximum atomic E-state index is 11.6. The lowest BCUT2D eigenvalue weighted by molar-refractivity contribution is -0.144. The van der Waals surface area contributed by atoms with Crippen LogP contribution in [-0.2, 0) is 4.79 Å². The lowest BCUT2D eigenvalue weighted by Gasteiger charge is -2.14. The minimum atomic E-state index is -1.10. The number of carbonyl (C=O) groups is 2. The van der Waals surface area contributed by atoms with Crippen molar-refractivity contribution >= 4 is 11.8 Å². The van der Waals surface area contributed by atoms with Gasteiger partial charge in [0.1, 0.15) is 18.1 Å². The molecule has 0 bridgehead atoms. The van der Waals surface area contributed by atoms with Crippen molar-refractivity contribution in [3.05, 3.63) is 35.4 Å². The predicted octanol–water partition coefficient (Wildman–Crippen LogP) is 3.09. The third kappa shape index (κ3) is 5.30. The molecule has 0 fully saturated rings. The third-order valence-electron chi connectivity index (χ3n) is 2.73. The molecule has 0 aromatic heterocycles. The first-order chi connectivity index (χ1) is 9.81. The van der Waals surface area contributed by atoms with Crippen molar-refractivity contribution in [3.63, 3.8) is 0 Å². The summed E-state index contributed by atoms with van der Waals surface area (Å²) in [6.45, 7) is 7.13. The van der Waals surface area contributed by atoms with Gasteiger partial charge in [0.15, 0.2) is 11.9 Å². The molecule has 1 atom stereocenters. The summed E-state index contributed by atoms with van der Waals surface area (Å²) in [6, 6.07) is 4.77. The van der Waals surface area contributed by atoms with Crippen molar-refractivity contribution in [2.45, 2.75) is 33.8 Å². The summed E-state index contributed by atoms with van der Waals surface area (Å²) in [4.78, 5) is 22.4. The van der Waals surface area contributed by atoms with Crippen LogP contribution in [0.4, 0.5) is 0 Å². The smallest absolute Gasteiger partial charge is 0.344 e. The Hall–Kier alpha value is -2.30. The van der Waals surface area contributed by atoms with Gasteiger partial charge in [0.25, 0.3) is 0 Å². The van der Waals surface area contributed by atoms with Crippen LogP contribution in [0.25, 0.3) is 0 Å². The lowest BCUT2D eigenvalue weighted by atomic mass is 10.1. The van der Waals surface area contributed by atoms with Gasteiger partial charge in [-0.2, -0.15) is 0 Å². The molecule has 1 aromatic carbocycles. The fourth-order valence-corrected chi connectivity index (χ4v) is 1.53. The Labute approximate surface area is 124 Å². The number of rotatable bonds is 7. The first-order valence-electron chi connectivity index (χ1n) is 6.62. The fourth-order valence-electron chi connectivity index (χ4n) is 1.53. The number of hydrogen-bond donors (Lipinski definition) is 1. The molecule has 0 aliphatic rings. The van der Waals surface area contributed by atoms with E-state index in [1.165, 1.54) is 19.9 Å². The van der Waals surface area contributed by atoms with E-state index in [1.54, 1.807) is 12.1 Å². The normalized spacial score (nSPS) is 11.4. The maximum absolute atomic E-state index is 11.6. The molecule has 1 rings (SSSR count). The SMILES string of the molecule is CC(=O)c1ccc(OCC=C(C)C)cc1OC(C)C(=O)O.